The molecule has 1 unspecified atom stereocenters. The number of carbonyl (C=O) groups excluding carboxylic acids is 3. The Labute approximate surface area is 171 Å². The van der Waals surface area contributed by atoms with Gasteiger partial charge in [-0.2, -0.15) is 0 Å². The Morgan fingerprint density at radius 2 is 1.83 bits per heavy atom. The number of amides is 3. The minimum atomic E-state index is -0.236. The Morgan fingerprint density at radius 3 is 2.62 bits per heavy atom. The molecule has 1 heterocycles. The molecule has 1 atom stereocenters. The molecule has 0 aliphatic carbocycles. The molecule has 2 aromatic rings. The SMILES string of the molecule is CC(C)CNC(=O)c1ccccc1NC(=O)CCC1Cc2ccccc2NC1=O. The van der Waals surface area contributed by atoms with Crippen LogP contribution in [-0.4, -0.2) is 24.3 Å². The van der Waals surface area contributed by atoms with Crippen molar-refractivity contribution in [1.29, 1.82) is 0 Å². The summed E-state index contributed by atoms with van der Waals surface area (Å²) >= 11 is 0. The van der Waals surface area contributed by atoms with E-state index in [0.717, 1.165) is 11.3 Å². The van der Waals surface area contributed by atoms with Crippen molar-refractivity contribution in [2.45, 2.75) is 33.1 Å². The van der Waals surface area contributed by atoms with Gasteiger partial charge in [-0.1, -0.05) is 44.2 Å². The average molecular weight is 393 g/mol. The van der Waals surface area contributed by atoms with Gasteiger partial charge in [-0.05, 0) is 42.5 Å². The van der Waals surface area contributed by atoms with E-state index in [4.69, 9.17) is 0 Å². The number of nitrogens with one attached hydrogen (secondary N) is 3. The first kappa shape index (κ1) is 20.6. The third-order valence-corrected chi connectivity index (χ3v) is 4.95. The summed E-state index contributed by atoms with van der Waals surface area (Å²) in [6.07, 6.45) is 1.29. The molecule has 1 aliphatic heterocycles. The summed E-state index contributed by atoms with van der Waals surface area (Å²) in [5.74, 6) is -0.365. The van der Waals surface area contributed by atoms with Crippen molar-refractivity contribution in [3.8, 4) is 0 Å². The fraction of sp³-hybridized carbons (Fsp3) is 0.348. The van der Waals surface area contributed by atoms with Gasteiger partial charge in [0, 0.05) is 24.6 Å². The maximum absolute atomic E-state index is 12.5. The molecule has 0 fully saturated rings. The maximum atomic E-state index is 12.5. The van der Waals surface area contributed by atoms with E-state index >= 15 is 0 Å². The van der Waals surface area contributed by atoms with Crippen LogP contribution in [0.5, 0.6) is 0 Å². The topological polar surface area (TPSA) is 87.3 Å². The normalized spacial score (nSPS) is 15.4. The Hall–Kier alpha value is -3.15. The maximum Gasteiger partial charge on any atom is 0.253 e. The molecular formula is C23H27N3O3. The molecule has 6 nitrogen and oxygen atoms in total. The number of anilines is 2. The van der Waals surface area contributed by atoms with Crippen molar-refractivity contribution in [3.05, 3.63) is 59.7 Å². The van der Waals surface area contributed by atoms with Crippen LogP contribution in [0.3, 0.4) is 0 Å². The zero-order valence-corrected chi connectivity index (χ0v) is 16.8. The number of hydrogen-bond donors (Lipinski definition) is 3. The van der Waals surface area contributed by atoms with Gasteiger partial charge in [-0.3, -0.25) is 14.4 Å². The van der Waals surface area contributed by atoms with Crippen LogP contribution in [0.4, 0.5) is 11.4 Å². The van der Waals surface area contributed by atoms with Gasteiger partial charge >= 0.3 is 0 Å². The number of para-hydroxylation sites is 2. The van der Waals surface area contributed by atoms with Crippen LogP contribution in [0.25, 0.3) is 0 Å². The predicted octanol–water partition coefficient (Wildman–Crippen LogP) is 3.60. The Morgan fingerprint density at radius 1 is 1.10 bits per heavy atom. The predicted molar refractivity (Wildman–Crippen MR) is 114 cm³/mol. The van der Waals surface area contributed by atoms with Gasteiger partial charge in [-0.15, -0.1) is 0 Å². The van der Waals surface area contributed by atoms with E-state index in [9.17, 15) is 14.4 Å². The van der Waals surface area contributed by atoms with E-state index in [0.29, 0.717) is 36.6 Å². The van der Waals surface area contributed by atoms with Crippen molar-refractivity contribution in [2.24, 2.45) is 11.8 Å². The molecule has 0 saturated carbocycles. The second-order valence-corrected chi connectivity index (χ2v) is 7.78. The number of hydrogen-bond acceptors (Lipinski definition) is 3. The standard InChI is InChI=1S/C23H27N3O3/c1-15(2)14-24-23(29)18-8-4-6-10-20(18)25-21(27)12-11-17-13-16-7-3-5-9-19(16)26-22(17)28/h3-10,15,17H,11-14H2,1-2H3,(H,24,29)(H,25,27)(H,26,28). The molecule has 0 bridgehead atoms. The largest absolute Gasteiger partial charge is 0.352 e. The summed E-state index contributed by atoms with van der Waals surface area (Å²) < 4.78 is 0. The highest BCUT2D eigenvalue weighted by molar-refractivity contribution is 6.04. The lowest BCUT2D eigenvalue weighted by Crippen LogP contribution is -2.31. The van der Waals surface area contributed by atoms with Gasteiger partial charge in [0.25, 0.3) is 5.91 Å². The van der Waals surface area contributed by atoms with Crippen molar-refractivity contribution in [3.63, 3.8) is 0 Å². The lowest BCUT2D eigenvalue weighted by Gasteiger charge is -2.24. The second kappa shape index (κ2) is 9.37. The number of carbonyl (C=O) groups is 3. The monoisotopic (exact) mass is 393 g/mol. The smallest absolute Gasteiger partial charge is 0.253 e. The van der Waals surface area contributed by atoms with E-state index < -0.39 is 0 Å². The van der Waals surface area contributed by atoms with Crippen LogP contribution in [-0.2, 0) is 16.0 Å². The lowest BCUT2D eigenvalue weighted by molar-refractivity contribution is -0.121. The number of rotatable bonds is 7. The summed E-state index contributed by atoms with van der Waals surface area (Å²) in [5.41, 5.74) is 2.85. The molecule has 3 N–H and O–H groups in total. The van der Waals surface area contributed by atoms with Crippen molar-refractivity contribution < 1.29 is 14.4 Å². The minimum Gasteiger partial charge on any atom is -0.352 e. The van der Waals surface area contributed by atoms with Gasteiger partial charge in [0.05, 0.1) is 11.3 Å². The summed E-state index contributed by atoms with van der Waals surface area (Å²) in [6.45, 7) is 4.61. The van der Waals surface area contributed by atoms with E-state index in [1.807, 2.05) is 38.1 Å². The highest BCUT2D eigenvalue weighted by Crippen LogP contribution is 2.27. The molecule has 0 radical (unpaired) electrons. The fourth-order valence-electron chi connectivity index (χ4n) is 3.35. The van der Waals surface area contributed by atoms with Gasteiger partial charge in [0.1, 0.15) is 0 Å². The van der Waals surface area contributed by atoms with Crippen LogP contribution >= 0.6 is 0 Å². The zero-order valence-electron chi connectivity index (χ0n) is 16.8. The first-order chi connectivity index (χ1) is 13.9. The second-order valence-electron chi connectivity index (χ2n) is 7.78. The van der Waals surface area contributed by atoms with E-state index in [-0.39, 0.29) is 30.1 Å². The van der Waals surface area contributed by atoms with Gasteiger partial charge < -0.3 is 16.0 Å². The fourth-order valence-corrected chi connectivity index (χ4v) is 3.35. The quantitative estimate of drug-likeness (QED) is 0.672. The van der Waals surface area contributed by atoms with Crippen molar-refractivity contribution in [1.82, 2.24) is 5.32 Å². The summed E-state index contributed by atoms with van der Waals surface area (Å²) in [7, 11) is 0. The molecular weight excluding hydrogens is 366 g/mol. The molecule has 152 valence electrons. The van der Waals surface area contributed by atoms with Crippen LogP contribution in [0.2, 0.25) is 0 Å². The van der Waals surface area contributed by atoms with Gasteiger partial charge in [-0.25, -0.2) is 0 Å². The molecule has 2 aromatic carbocycles. The van der Waals surface area contributed by atoms with E-state index in [1.54, 1.807) is 24.3 Å². The van der Waals surface area contributed by atoms with Crippen molar-refractivity contribution in [2.75, 3.05) is 17.2 Å². The third-order valence-electron chi connectivity index (χ3n) is 4.95. The third kappa shape index (κ3) is 5.44. The van der Waals surface area contributed by atoms with E-state index in [1.165, 1.54) is 0 Å². The number of fused-ring (bicyclic) bond motifs is 1. The minimum absolute atomic E-state index is 0.0510. The Balaban J connectivity index is 1.58. The Bertz CT molecular complexity index is 908. The zero-order chi connectivity index (χ0) is 20.8. The highest BCUT2D eigenvalue weighted by Gasteiger charge is 2.26. The van der Waals surface area contributed by atoms with E-state index in [2.05, 4.69) is 16.0 Å². The molecule has 6 heteroatoms. The first-order valence-electron chi connectivity index (χ1n) is 10.00. The molecule has 3 rings (SSSR count). The summed E-state index contributed by atoms with van der Waals surface area (Å²) in [5, 5.41) is 8.60. The lowest BCUT2D eigenvalue weighted by atomic mass is 9.89. The molecule has 0 aromatic heterocycles. The summed E-state index contributed by atoms with van der Waals surface area (Å²) in [4.78, 5) is 37.2. The molecule has 1 aliphatic rings. The molecule has 3 amide bonds. The first-order valence-corrected chi connectivity index (χ1v) is 10.00. The molecule has 29 heavy (non-hydrogen) atoms. The number of benzene rings is 2. The van der Waals surface area contributed by atoms with Gasteiger partial charge in [0.2, 0.25) is 11.8 Å². The van der Waals surface area contributed by atoms with Crippen LogP contribution < -0.4 is 16.0 Å². The Kier molecular flexibility index (Phi) is 6.65. The highest BCUT2D eigenvalue weighted by atomic mass is 16.2. The molecule has 0 spiro atoms. The van der Waals surface area contributed by atoms with Crippen LogP contribution in [0.1, 0.15) is 42.6 Å². The van der Waals surface area contributed by atoms with Gasteiger partial charge in [0.15, 0.2) is 0 Å². The summed E-state index contributed by atoms with van der Waals surface area (Å²) in [6, 6.07) is 14.7. The molecule has 0 saturated heterocycles. The van der Waals surface area contributed by atoms with Crippen LogP contribution in [0.15, 0.2) is 48.5 Å². The van der Waals surface area contributed by atoms with Crippen LogP contribution in [0, 0.1) is 11.8 Å². The average Bonchev–Trinajstić information content (AvgIpc) is 2.70. The van der Waals surface area contributed by atoms with Crippen molar-refractivity contribution >= 4 is 29.1 Å².